The molecule has 0 radical (unpaired) electrons. The monoisotopic (exact) mass is 392 g/mol. The van der Waals surface area contributed by atoms with Crippen molar-refractivity contribution >= 4 is 5.97 Å². The highest BCUT2D eigenvalue weighted by molar-refractivity contribution is 5.66. The van der Waals surface area contributed by atoms with Crippen molar-refractivity contribution in [1.29, 1.82) is 0 Å². The van der Waals surface area contributed by atoms with E-state index in [4.69, 9.17) is 44.7 Å². The van der Waals surface area contributed by atoms with E-state index in [1.54, 1.807) is 0 Å². The lowest BCUT2D eigenvalue weighted by atomic mass is 10.5. The number of carboxylic acids is 1. The number of terminal acetylenes is 1. The number of carbonyl (C=O) groups is 1. The molecule has 0 spiro atoms. The summed E-state index contributed by atoms with van der Waals surface area (Å²) in [6.07, 6.45) is 5.05. The van der Waals surface area contributed by atoms with Gasteiger partial charge in [-0.05, 0) is 0 Å². The van der Waals surface area contributed by atoms with Gasteiger partial charge in [0.25, 0.3) is 0 Å². The van der Waals surface area contributed by atoms with Gasteiger partial charge < -0.3 is 38.3 Å². The fraction of sp³-hybridized carbons (Fsp3) is 0.833. The van der Waals surface area contributed by atoms with Crippen molar-refractivity contribution in [3.8, 4) is 12.3 Å². The lowest BCUT2D eigenvalue weighted by molar-refractivity contribution is -0.138. The van der Waals surface area contributed by atoms with Crippen LogP contribution in [0, 0.1) is 12.3 Å². The van der Waals surface area contributed by atoms with Crippen molar-refractivity contribution in [2.45, 2.75) is 6.42 Å². The van der Waals surface area contributed by atoms with Gasteiger partial charge in [-0.25, -0.2) is 0 Å². The molecule has 0 amide bonds. The summed E-state index contributed by atoms with van der Waals surface area (Å²) in [6.45, 7) is 6.20. The van der Waals surface area contributed by atoms with E-state index < -0.39 is 5.97 Å². The first kappa shape index (κ1) is 25.8. The van der Waals surface area contributed by atoms with Gasteiger partial charge in [-0.15, -0.1) is 6.42 Å². The molecule has 0 unspecified atom stereocenters. The largest absolute Gasteiger partial charge is 0.481 e. The minimum Gasteiger partial charge on any atom is -0.481 e. The summed E-state index contributed by atoms with van der Waals surface area (Å²) in [5, 5.41) is 8.42. The molecule has 0 saturated heterocycles. The van der Waals surface area contributed by atoms with E-state index in [-0.39, 0.29) is 13.0 Å². The Kier molecular flexibility index (Phi) is 21.7. The van der Waals surface area contributed by atoms with Crippen molar-refractivity contribution < 1.29 is 43.1 Å². The van der Waals surface area contributed by atoms with Crippen LogP contribution in [-0.2, 0) is 38.0 Å². The first-order valence-electron chi connectivity index (χ1n) is 8.96. The summed E-state index contributed by atoms with van der Waals surface area (Å²) in [5.74, 6) is 1.51. The van der Waals surface area contributed by atoms with E-state index in [0.717, 1.165) is 0 Å². The highest BCUT2D eigenvalue weighted by atomic mass is 16.6. The minimum atomic E-state index is -0.870. The van der Waals surface area contributed by atoms with Gasteiger partial charge in [-0.2, -0.15) is 0 Å². The van der Waals surface area contributed by atoms with Crippen LogP contribution in [-0.4, -0.2) is 104 Å². The maximum atomic E-state index is 10.3. The summed E-state index contributed by atoms with van der Waals surface area (Å²) < 4.78 is 36.7. The highest BCUT2D eigenvalue weighted by Gasteiger charge is 1.96. The Balaban J connectivity index is 2.99. The molecule has 0 heterocycles. The summed E-state index contributed by atoms with van der Waals surface area (Å²) in [7, 11) is 0. The van der Waals surface area contributed by atoms with E-state index in [1.165, 1.54) is 0 Å². The number of aliphatic carboxylic acids is 1. The second kappa shape index (κ2) is 22.8. The Morgan fingerprint density at radius 1 is 0.593 bits per heavy atom. The Morgan fingerprint density at radius 2 is 0.889 bits per heavy atom. The van der Waals surface area contributed by atoms with Crippen LogP contribution in [0.3, 0.4) is 0 Å². The molecule has 0 aliphatic heterocycles. The zero-order valence-corrected chi connectivity index (χ0v) is 15.9. The number of ether oxygens (including phenoxy) is 7. The van der Waals surface area contributed by atoms with Crippen LogP contribution in [0.2, 0.25) is 0 Å². The molecule has 0 atom stereocenters. The van der Waals surface area contributed by atoms with Crippen LogP contribution in [0.4, 0.5) is 0 Å². The number of hydrogen-bond donors (Lipinski definition) is 1. The zero-order chi connectivity index (χ0) is 19.8. The van der Waals surface area contributed by atoms with Crippen molar-refractivity contribution in [2.75, 3.05) is 92.5 Å². The predicted octanol–water partition coefficient (Wildman–Crippen LogP) is 0.211. The quantitative estimate of drug-likeness (QED) is 0.205. The van der Waals surface area contributed by atoms with Crippen LogP contribution in [0.15, 0.2) is 0 Å². The van der Waals surface area contributed by atoms with Gasteiger partial charge in [0.2, 0.25) is 0 Å². The second-order valence-electron chi connectivity index (χ2n) is 5.07. The Hall–Kier alpha value is -1.25. The van der Waals surface area contributed by atoms with Gasteiger partial charge in [-0.3, -0.25) is 4.79 Å². The summed E-state index contributed by atoms with van der Waals surface area (Å²) in [4.78, 5) is 10.3. The molecular weight excluding hydrogens is 360 g/mol. The van der Waals surface area contributed by atoms with Gasteiger partial charge >= 0.3 is 5.97 Å². The summed E-state index contributed by atoms with van der Waals surface area (Å²) >= 11 is 0. The summed E-state index contributed by atoms with van der Waals surface area (Å²) in [6, 6.07) is 0. The van der Waals surface area contributed by atoms with Gasteiger partial charge in [0.15, 0.2) is 0 Å². The van der Waals surface area contributed by atoms with Crippen LogP contribution in [0.1, 0.15) is 6.42 Å². The molecule has 158 valence electrons. The Labute approximate surface area is 161 Å². The molecule has 0 saturated carbocycles. The smallest absolute Gasteiger partial charge is 0.305 e. The molecular formula is C18H32O9. The standard InChI is InChI=1S/C18H32O9/c1-2-4-21-6-8-23-10-12-25-14-16-27-17-15-26-13-11-24-9-7-22-5-3-18(19)20/h1H,3-17H2,(H,19,20). The fourth-order valence-corrected chi connectivity index (χ4v) is 1.61. The Bertz CT molecular complexity index is 357. The van der Waals surface area contributed by atoms with Crippen LogP contribution >= 0.6 is 0 Å². The lowest BCUT2D eigenvalue weighted by Gasteiger charge is -2.08. The second-order valence-corrected chi connectivity index (χ2v) is 5.07. The first-order valence-corrected chi connectivity index (χ1v) is 8.96. The molecule has 27 heavy (non-hydrogen) atoms. The van der Waals surface area contributed by atoms with Gasteiger partial charge in [-0.1, -0.05) is 5.92 Å². The van der Waals surface area contributed by atoms with Crippen LogP contribution in [0.5, 0.6) is 0 Å². The van der Waals surface area contributed by atoms with E-state index in [0.29, 0.717) is 85.9 Å². The molecule has 0 aromatic heterocycles. The molecule has 0 bridgehead atoms. The average molecular weight is 392 g/mol. The lowest BCUT2D eigenvalue weighted by Crippen LogP contribution is -2.14. The van der Waals surface area contributed by atoms with E-state index >= 15 is 0 Å². The third kappa shape index (κ3) is 24.8. The SMILES string of the molecule is C#CCOCCOCCOCCOCCOCCOCCOCCC(=O)O. The molecule has 0 rings (SSSR count). The van der Waals surface area contributed by atoms with Crippen LogP contribution in [0.25, 0.3) is 0 Å². The van der Waals surface area contributed by atoms with Crippen molar-refractivity contribution in [1.82, 2.24) is 0 Å². The molecule has 9 heteroatoms. The zero-order valence-electron chi connectivity index (χ0n) is 15.9. The highest BCUT2D eigenvalue weighted by Crippen LogP contribution is 1.86. The molecule has 0 fully saturated rings. The third-order valence-corrected chi connectivity index (χ3v) is 2.88. The number of rotatable bonds is 22. The molecule has 0 aliphatic carbocycles. The van der Waals surface area contributed by atoms with Gasteiger partial charge in [0, 0.05) is 0 Å². The third-order valence-electron chi connectivity index (χ3n) is 2.88. The van der Waals surface area contributed by atoms with E-state index in [1.807, 2.05) is 0 Å². The predicted molar refractivity (Wildman–Crippen MR) is 96.8 cm³/mol. The molecule has 9 nitrogen and oxygen atoms in total. The fourth-order valence-electron chi connectivity index (χ4n) is 1.61. The van der Waals surface area contributed by atoms with Crippen molar-refractivity contribution in [3.63, 3.8) is 0 Å². The summed E-state index contributed by atoms with van der Waals surface area (Å²) in [5.41, 5.74) is 0. The van der Waals surface area contributed by atoms with E-state index in [2.05, 4.69) is 5.92 Å². The van der Waals surface area contributed by atoms with Crippen molar-refractivity contribution in [2.24, 2.45) is 0 Å². The van der Waals surface area contributed by atoms with Gasteiger partial charge in [0.1, 0.15) is 6.61 Å². The number of carboxylic acid groups (broad SMARTS) is 1. The maximum Gasteiger partial charge on any atom is 0.305 e. The topological polar surface area (TPSA) is 102 Å². The molecule has 1 N–H and O–H groups in total. The number of hydrogen-bond acceptors (Lipinski definition) is 8. The van der Waals surface area contributed by atoms with E-state index in [9.17, 15) is 4.79 Å². The maximum absolute atomic E-state index is 10.3. The van der Waals surface area contributed by atoms with Crippen molar-refractivity contribution in [3.05, 3.63) is 0 Å². The normalized spacial score (nSPS) is 10.8. The Morgan fingerprint density at radius 3 is 1.19 bits per heavy atom. The van der Waals surface area contributed by atoms with Crippen LogP contribution < -0.4 is 0 Å². The first-order chi connectivity index (χ1) is 13.3. The van der Waals surface area contributed by atoms with Gasteiger partial charge in [0.05, 0.1) is 92.3 Å². The minimum absolute atomic E-state index is 0.00504. The molecule has 0 aromatic carbocycles. The molecule has 0 aliphatic rings. The average Bonchev–Trinajstić information content (AvgIpc) is 2.65. The molecule has 0 aromatic rings.